The minimum atomic E-state index is -0.129. The van der Waals surface area contributed by atoms with Gasteiger partial charge in [-0.3, -0.25) is 9.69 Å². The first-order valence-corrected chi connectivity index (χ1v) is 9.56. The van der Waals surface area contributed by atoms with Crippen molar-refractivity contribution >= 4 is 34.2 Å². The lowest BCUT2D eigenvalue weighted by molar-refractivity contribution is -0.126. The SMILES string of the molecule is COc1ccc(C[C@H]2SC(=S)N(CCc3ccccc3)C2=O)cc1C. The van der Waals surface area contributed by atoms with E-state index in [1.54, 1.807) is 12.0 Å². The van der Waals surface area contributed by atoms with Gasteiger partial charge in [-0.2, -0.15) is 0 Å². The normalized spacial score (nSPS) is 17.2. The fraction of sp³-hybridized carbons (Fsp3) is 0.300. The lowest BCUT2D eigenvalue weighted by Crippen LogP contribution is -2.33. The number of thioether (sulfide) groups is 1. The van der Waals surface area contributed by atoms with Gasteiger partial charge in [0.15, 0.2) is 0 Å². The van der Waals surface area contributed by atoms with E-state index in [9.17, 15) is 4.79 Å². The molecule has 0 radical (unpaired) electrons. The second-order valence-electron chi connectivity index (χ2n) is 6.11. The van der Waals surface area contributed by atoms with E-state index in [0.29, 0.717) is 17.3 Å². The van der Waals surface area contributed by atoms with Crippen LogP contribution in [0.3, 0.4) is 0 Å². The lowest BCUT2D eigenvalue weighted by atomic mass is 10.1. The number of methoxy groups -OCH3 is 1. The van der Waals surface area contributed by atoms with Crippen LogP contribution in [0.5, 0.6) is 5.75 Å². The molecule has 3 nitrogen and oxygen atoms in total. The summed E-state index contributed by atoms with van der Waals surface area (Å²) in [7, 11) is 1.67. The predicted octanol–water partition coefficient (Wildman–Crippen LogP) is 4.02. The molecule has 0 aromatic heterocycles. The first kappa shape index (κ1) is 18.0. The third-order valence-corrected chi connectivity index (χ3v) is 5.94. The molecule has 2 aromatic rings. The Morgan fingerprint density at radius 2 is 1.92 bits per heavy atom. The number of amides is 1. The zero-order valence-electron chi connectivity index (χ0n) is 14.4. The first-order chi connectivity index (χ1) is 12.1. The van der Waals surface area contributed by atoms with E-state index < -0.39 is 0 Å². The largest absolute Gasteiger partial charge is 0.496 e. The smallest absolute Gasteiger partial charge is 0.241 e. The van der Waals surface area contributed by atoms with Crippen molar-refractivity contribution in [2.75, 3.05) is 13.7 Å². The number of hydrogen-bond donors (Lipinski definition) is 0. The van der Waals surface area contributed by atoms with Gasteiger partial charge in [0.1, 0.15) is 10.1 Å². The van der Waals surface area contributed by atoms with Gasteiger partial charge in [0.05, 0.1) is 12.4 Å². The molecule has 25 heavy (non-hydrogen) atoms. The van der Waals surface area contributed by atoms with Crippen molar-refractivity contribution < 1.29 is 9.53 Å². The number of aryl methyl sites for hydroxylation is 1. The van der Waals surface area contributed by atoms with E-state index in [1.165, 1.54) is 17.3 Å². The van der Waals surface area contributed by atoms with Crippen LogP contribution >= 0.6 is 24.0 Å². The van der Waals surface area contributed by atoms with Gasteiger partial charge in [-0.05, 0) is 42.5 Å². The molecule has 0 aliphatic carbocycles. The van der Waals surface area contributed by atoms with Crippen LogP contribution < -0.4 is 4.74 Å². The van der Waals surface area contributed by atoms with Crippen molar-refractivity contribution in [3.05, 3.63) is 65.2 Å². The summed E-state index contributed by atoms with van der Waals surface area (Å²) in [5.41, 5.74) is 3.44. The lowest BCUT2D eigenvalue weighted by Gasteiger charge is -2.15. The summed E-state index contributed by atoms with van der Waals surface area (Å²) in [5.74, 6) is 0.994. The average Bonchev–Trinajstić information content (AvgIpc) is 2.87. The fourth-order valence-corrected chi connectivity index (χ4v) is 4.58. The zero-order valence-corrected chi connectivity index (χ0v) is 16.0. The maximum absolute atomic E-state index is 12.7. The maximum atomic E-state index is 12.7. The summed E-state index contributed by atoms with van der Waals surface area (Å²) in [5, 5.41) is -0.129. The highest BCUT2D eigenvalue weighted by atomic mass is 32.2. The number of carbonyl (C=O) groups excluding carboxylic acids is 1. The molecular formula is C20H21NO2S2. The standard InChI is InChI=1S/C20H21NO2S2/c1-14-12-16(8-9-17(14)23-2)13-18-19(22)21(20(24)25-18)11-10-15-6-4-3-5-7-15/h3-9,12,18H,10-11,13H2,1-2H3/t18-/m1/s1. The van der Waals surface area contributed by atoms with Gasteiger partial charge in [-0.25, -0.2) is 0 Å². The molecule has 130 valence electrons. The number of nitrogens with zero attached hydrogens (tertiary/aromatic N) is 1. The summed E-state index contributed by atoms with van der Waals surface area (Å²) >= 11 is 6.94. The van der Waals surface area contributed by atoms with E-state index >= 15 is 0 Å². The third-order valence-electron chi connectivity index (χ3n) is 4.35. The molecule has 3 rings (SSSR count). The monoisotopic (exact) mass is 371 g/mol. The number of ether oxygens (including phenoxy) is 1. The van der Waals surface area contributed by atoms with E-state index in [4.69, 9.17) is 17.0 Å². The number of hydrogen-bond acceptors (Lipinski definition) is 4. The molecule has 1 saturated heterocycles. The van der Waals surface area contributed by atoms with Crippen molar-refractivity contribution in [2.24, 2.45) is 0 Å². The Balaban J connectivity index is 1.63. The quantitative estimate of drug-likeness (QED) is 0.718. The number of rotatable bonds is 6. The molecule has 0 bridgehead atoms. The second kappa shape index (κ2) is 8.02. The Morgan fingerprint density at radius 1 is 1.16 bits per heavy atom. The third kappa shape index (κ3) is 4.22. The molecule has 0 N–H and O–H groups in total. The van der Waals surface area contributed by atoms with Crippen molar-refractivity contribution in [3.8, 4) is 5.75 Å². The molecule has 1 aliphatic heterocycles. The van der Waals surface area contributed by atoms with Crippen molar-refractivity contribution in [2.45, 2.75) is 25.0 Å². The van der Waals surface area contributed by atoms with Crippen LogP contribution in [-0.2, 0) is 17.6 Å². The number of thiocarbonyl (C=S) groups is 1. The Labute approximate surface area is 158 Å². The average molecular weight is 372 g/mol. The molecule has 1 fully saturated rings. The molecule has 1 amide bonds. The van der Waals surface area contributed by atoms with Crippen molar-refractivity contribution in [1.82, 2.24) is 4.90 Å². The van der Waals surface area contributed by atoms with Gasteiger partial charge in [-0.15, -0.1) is 0 Å². The topological polar surface area (TPSA) is 29.5 Å². The van der Waals surface area contributed by atoms with Crippen LogP contribution in [0.1, 0.15) is 16.7 Å². The molecule has 0 saturated carbocycles. The Kier molecular flexibility index (Phi) is 5.76. The van der Waals surface area contributed by atoms with E-state index in [-0.39, 0.29) is 11.2 Å². The molecule has 1 atom stereocenters. The number of carbonyl (C=O) groups is 1. The minimum Gasteiger partial charge on any atom is -0.496 e. The Morgan fingerprint density at radius 3 is 2.60 bits per heavy atom. The molecule has 1 aliphatic rings. The number of benzene rings is 2. The maximum Gasteiger partial charge on any atom is 0.241 e. The van der Waals surface area contributed by atoms with Crippen LogP contribution in [-0.4, -0.2) is 34.0 Å². The zero-order chi connectivity index (χ0) is 17.8. The molecule has 0 unspecified atom stereocenters. The van der Waals surface area contributed by atoms with Crippen LogP contribution in [0, 0.1) is 6.92 Å². The predicted molar refractivity (Wildman–Crippen MR) is 107 cm³/mol. The van der Waals surface area contributed by atoms with Crippen LogP contribution in [0.4, 0.5) is 0 Å². The Hall–Kier alpha value is -1.85. The first-order valence-electron chi connectivity index (χ1n) is 8.28. The second-order valence-corrected chi connectivity index (χ2v) is 7.94. The summed E-state index contributed by atoms with van der Waals surface area (Å²) in [6.07, 6.45) is 1.51. The highest BCUT2D eigenvalue weighted by Crippen LogP contribution is 2.31. The Bertz CT molecular complexity index is 777. The van der Waals surface area contributed by atoms with Crippen LogP contribution in [0.2, 0.25) is 0 Å². The summed E-state index contributed by atoms with van der Waals surface area (Å²) in [6, 6.07) is 16.3. The highest BCUT2D eigenvalue weighted by Gasteiger charge is 2.36. The summed E-state index contributed by atoms with van der Waals surface area (Å²) in [6.45, 7) is 2.66. The minimum absolute atomic E-state index is 0.124. The van der Waals surface area contributed by atoms with Gasteiger partial charge in [0, 0.05) is 6.54 Å². The fourth-order valence-electron chi connectivity index (χ4n) is 3.00. The van der Waals surface area contributed by atoms with Crippen LogP contribution in [0.15, 0.2) is 48.5 Å². The molecule has 2 aromatic carbocycles. The van der Waals surface area contributed by atoms with E-state index in [2.05, 4.69) is 18.2 Å². The van der Waals surface area contributed by atoms with Gasteiger partial charge in [-0.1, -0.05) is 66.4 Å². The van der Waals surface area contributed by atoms with E-state index in [0.717, 1.165) is 23.3 Å². The van der Waals surface area contributed by atoms with Crippen molar-refractivity contribution in [3.63, 3.8) is 0 Å². The molecule has 0 spiro atoms. The highest BCUT2D eigenvalue weighted by molar-refractivity contribution is 8.24. The van der Waals surface area contributed by atoms with Gasteiger partial charge >= 0.3 is 0 Å². The summed E-state index contributed by atoms with van der Waals surface area (Å²) < 4.78 is 5.99. The van der Waals surface area contributed by atoms with Gasteiger partial charge in [0.2, 0.25) is 5.91 Å². The van der Waals surface area contributed by atoms with Crippen LogP contribution in [0.25, 0.3) is 0 Å². The van der Waals surface area contributed by atoms with E-state index in [1.807, 2.05) is 37.3 Å². The molecule has 5 heteroatoms. The molecular weight excluding hydrogens is 350 g/mol. The van der Waals surface area contributed by atoms with Crippen molar-refractivity contribution in [1.29, 1.82) is 0 Å². The van der Waals surface area contributed by atoms with Gasteiger partial charge in [0.25, 0.3) is 0 Å². The molecule has 1 heterocycles. The summed E-state index contributed by atoms with van der Waals surface area (Å²) in [4.78, 5) is 14.5. The van der Waals surface area contributed by atoms with Gasteiger partial charge < -0.3 is 4.74 Å².